The first-order valence-electron chi connectivity index (χ1n) is 21.4. The molecule has 9 rings (SSSR count). The Kier molecular flexibility index (Phi) is 19.4. The normalized spacial score (nSPS) is 29.7. The molecule has 6 aromatic heterocycles. The minimum Gasteiger partial charge on any atom is -0.790 e. The topological polar surface area (TPSA) is 718 Å². The van der Waals surface area contributed by atoms with Crippen LogP contribution in [0.3, 0.4) is 0 Å². The highest BCUT2D eigenvalue weighted by Crippen LogP contribution is 2.60. The van der Waals surface area contributed by atoms with E-state index in [9.17, 15) is 92.3 Å². The number of phosphoric acid groups is 6. The molecule has 45 nitrogen and oxygen atoms in total. The monoisotopic (exact) mass is 1270 g/mol. The summed E-state index contributed by atoms with van der Waals surface area (Å²) in [6, 6.07) is 0. The second-order valence-corrected chi connectivity index (χ2v) is 24.4. The van der Waals surface area contributed by atoms with Crippen LogP contribution in [0.5, 0.6) is 0 Å². The quantitative estimate of drug-likeness (QED) is 0.0356. The van der Waals surface area contributed by atoms with Gasteiger partial charge >= 0.3 is 0 Å². The Hall–Kier alpha value is -4.53. The molecule has 0 aliphatic carbocycles. The number of aliphatic hydroxyl groups is 6. The maximum atomic E-state index is 11.6. The Labute approximate surface area is 447 Å². The van der Waals surface area contributed by atoms with Crippen molar-refractivity contribution in [2.45, 2.75) is 73.6 Å². The molecule has 0 amide bonds. The summed E-state index contributed by atoms with van der Waals surface area (Å²) < 4.78 is 108. The molecule has 51 heteroatoms. The molecule has 9 heterocycles. The Bertz CT molecular complexity index is 3510. The highest BCUT2D eigenvalue weighted by Gasteiger charge is 2.47. The van der Waals surface area contributed by atoms with Gasteiger partial charge in [0.1, 0.15) is 90.5 Å². The lowest BCUT2D eigenvalue weighted by atomic mass is 10.1. The van der Waals surface area contributed by atoms with Crippen LogP contribution in [0.2, 0.25) is 0 Å². The van der Waals surface area contributed by atoms with Crippen molar-refractivity contribution in [3.05, 3.63) is 38.0 Å². The van der Waals surface area contributed by atoms with Crippen molar-refractivity contribution in [1.82, 2.24) is 58.6 Å². The lowest BCUT2D eigenvalue weighted by Crippen LogP contribution is -2.34. The SMILES string of the molecule is Nc1ncnc2c1ncn2[C@@H]1O[C@H](COP(=O)([O-])O)C(O)[C@@H]1O.Nc1ncnc2c1ncn2[C@@H]1O[C@H](COP(=O)([O-])OP(=O)([O-])O)C(O)[C@@H]1O.Nc1ncnc2c1ncn2[C@@H]1O[C@H](COP(=O)([O-])OP(=O)([O-])OP(=O)([O-])[O-])C(O)[C@@H]1O. The summed E-state index contributed by atoms with van der Waals surface area (Å²) in [6.07, 6.45) is -10.0. The van der Waals surface area contributed by atoms with E-state index in [2.05, 4.69) is 71.4 Å². The lowest BCUT2D eigenvalue weighted by molar-refractivity contribution is -0.339. The van der Waals surface area contributed by atoms with Gasteiger partial charge in [-0.25, -0.2) is 53.5 Å². The molecule has 17 atom stereocenters. The molecule has 8 unspecified atom stereocenters. The van der Waals surface area contributed by atoms with Gasteiger partial charge in [0.2, 0.25) is 0 Å². The molecule has 81 heavy (non-hydrogen) atoms. The van der Waals surface area contributed by atoms with E-state index in [1.165, 1.54) is 32.7 Å². The van der Waals surface area contributed by atoms with E-state index in [1.54, 1.807) is 0 Å². The molecule has 3 aliphatic heterocycles. The first-order valence-corrected chi connectivity index (χ1v) is 30.2. The van der Waals surface area contributed by atoms with Gasteiger partial charge in [-0.15, -0.1) is 0 Å². The molecule has 6 aromatic rings. The minimum absolute atomic E-state index is 0.0195. The summed E-state index contributed by atoms with van der Waals surface area (Å²) in [5.41, 5.74) is 18.2. The highest BCUT2D eigenvalue weighted by atomic mass is 31.3. The number of aromatic nitrogens is 12. The molecule has 3 fully saturated rings. The molecular weight excluding hydrogens is 1240 g/mol. The van der Waals surface area contributed by atoms with Crippen LogP contribution >= 0.6 is 46.9 Å². The number of anilines is 3. The molecule has 0 spiro atoms. The van der Waals surface area contributed by atoms with Crippen LogP contribution in [0.15, 0.2) is 38.0 Å². The first-order chi connectivity index (χ1) is 37.5. The predicted octanol–water partition coefficient (Wildman–Crippen LogP) is -9.66. The zero-order valence-electron chi connectivity index (χ0n) is 39.4. The minimum atomic E-state index is -6.14. The van der Waals surface area contributed by atoms with Crippen LogP contribution < -0.4 is 51.5 Å². The van der Waals surface area contributed by atoms with Gasteiger partial charge in [0, 0.05) is 0 Å². The standard InChI is InChI=1S/C10H16N5O13P3.C10H15N5O10P2.C10H14N5O7P/c11-8-5-9(13-2-12-8)15(3-14-5)10-7(17)6(16)4(26-10)1-25-30(21,22)28-31(23,24)27-29(18,19)20;11-8-5-9(13-2-12-8)15(3-14-5)10-7(17)6(16)4(24-10)1-23-27(21,22)25-26(18,19)20;11-8-5-9(13-2-12-8)15(3-14-5)10-7(17)6(16)4(22-10)1-21-23(18,19)20/h2-4,6-7,10,16-17H,1H2,(H,21,22)(H,23,24)(H2,11,12,13)(H2,18,19,20);2-4,6-7,10,16-17H,1H2,(H,21,22)(H2,11,12,13)(H2,18,19,20);2-4,6-7,10,16-17H,1H2,(H2,11,12,13)(H2,18,19,20)/p-7/t3*4-,6?,7+,10-/m111/s1. The molecule has 0 aromatic carbocycles. The molecule has 0 radical (unpaired) electrons. The van der Waals surface area contributed by atoms with E-state index >= 15 is 0 Å². The summed E-state index contributed by atoms with van der Waals surface area (Å²) in [5, 5.41) is 60.6. The second-order valence-electron chi connectivity index (χ2n) is 16.2. The number of aliphatic hydroxyl groups excluding tert-OH is 6. The van der Waals surface area contributed by atoms with E-state index in [0.717, 1.165) is 19.0 Å². The highest BCUT2D eigenvalue weighted by molar-refractivity contribution is 7.64. The molecule has 14 N–H and O–H groups in total. The zero-order valence-corrected chi connectivity index (χ0v) is 44.7. The number of phosphoric ester groups is 3. The van der Waals surface area contributed by atoms with Crippen LogP contribution in [0.25, 0.3) is 33.5 Å². The number of nitrogens with two attached hydrogens (primary N) is 3. The van der Waals surface area contributed by atoms with Gasteiger partial charge in [-0.05, 0) is 0 Å². The smallest absolute Gasteiger partial charge is 0.278 e. The van der Waals surface area contributed by atoms with E-state index in [0.29, 0.717) is 0 Å². The van der Waals surface area contributed by atoms with E-state index < -0.39 is 140 Å². The molecule has 450 valence electrons. The van der Waals surface area contributed by atoms with Gasteiger partial charge in [-0.1, -0.05) is 0 Å². The van der Waals surface area contributed by atoms with Crippen LogP contribution in [-0.4, -0.2) is 174 Å². The number of nitrogens with zero attached hydrogens (tertiary/aromatic N) is 12. The van der Waals surface area contributed by atoms with E-state index in [1.807, 2.05) is 0 Å². The first kappa shape index (κ1) is 64.0. The number of rotatable bonds is 18. The molecule has 0 bridgehead atoms. The molecule has 0 saturated carbocycles. The van der Waals surface area contributed by atoms with Gasteiger partial charge in [0.25, 0.3) is 39.1 Å². The van der Waals surface area contributed by atoms with Gasteiger partial charge < -0.3 is 124 Å². The second kappa shape index (κ2) is 24.6. The zero-order chi connectivity index (χ0) is 59.9. The summed E-state index contributed by atoms with van der Waals surface area (Å²) in [6.45, 7) is -2.64. The fourth-order valence-corrected chi connectivity index (χ4v) is 12.1. The fourth-order valence-electron chi connectivity index (χ4n) is 7.39. The Morgan fingerprint density at radius 1 is 0.432 bits per heavy atom. The van der Waals surface area contributed by atoms with Crippen molar-refractivity contribution in [2.75, 3.05) is 37.0 Å². The van der Waals surface area contributed by atoms with Gasteiger partial charge in [-0.2, -0.15) is 0 Å². The molecular formula is C30H38N15O30P6-7. The summed E-state index contributed by atoms with van der Waals surface area (Å²) in [4.78, 5) is 128. The average molecular weight is 1270 g/mol. The summed E-state index contributed by atoms with van der Waals surface area (Å²) in [5.74, 6) is 0.225. The van der Waals surface area contributed by atoms with Crippen LogP contribution in [0.1, 0.15) is 18.7 Å². The van der Waals surface area contributed by atoms with Crippen molar-refractivity contribution in [3.63, 3.8) is 0 Å². The maximum absolute atomic E-state index is 11.6. The third-order valence-corrected chi connectivity index (χ3v) is 17.0. The number of hydrogen-bond donors (Lipinski definition) is 11. The van der Waals surface area contributed by atoms with Crippen LogP contribution in [0.4, 0.5) is 17.5 Å². The maximum Gasteiger partial charge on any atom is 0.278 e. The van der Waals surface area contributed by atoms with Crippen molar-refractivity contribution >= 4 is 97.9 Å². The number of imidazole rings is 3. The lowest BCUT2D eigenvalue weighted by Gasteiger charge is -2.37. The summed E-state index contributed by atoms with van der Waals surface area (Å²) >= 11 is 0. The number of ether oxygens (including phenoxy) is 3. The largest absolute Gasteiger partial charge is 0.790 e. The van der Waals surface area contributed by atoms with Crippen molar-refractivity contribution < 1.29 is 143 Å². The average Bonchev–Trinajstić information content (AvgIpc) is 4.22. The van der Waals surface area contributed by atoms with Crippen LogP contribution in [0, 0.1) is 0 Å². The van der Waals surface area contributed by atoms with Gasteiger partial charge in [0.15, 0.2) is 53.1 Å². The van der Waals surface area contributed by atoms with Crippen LogP contribution in [-0.2, 0) is 68.1 Å². The predicted molar refractivity (Wildman–Crippen MR) is 238 cm³/mol. The Balaban J connectivity index is 0.000000177. The van der Waals surface area contributed by atoms with E-state index in [4.69, 9.17) is 41.2 Å². The van der Waals surface area contributed by atoms with E-state index in [-0.39, 0.29) is 50.9 Å². The Morgan fingerprint density at radius 2 is 0.741 bits per heavy atom. The molecule has 3 aliphatic rings. The van der Waals surface area contributed by atoms with Gasteiger partial charge in [0.05, 0.1) is 46.6 Å². The van der Waals surface area contributed by atoms with Crippen molar-refractivity contribution in [1.29, 1.82) is 0 Å². The van der Waals surface area contributed by atoms with Crippen molar-refractivity contribution in [3.8, 4) is 0 Å². The fraction of sp³-hybridized carbons (Fsp3) is 0.500. The molecule has 3 saturated heterocycles. The number of hydrogen-bond acceptors (Lipinski definition) is 40. The third-order valence-electron chi connectivity index (χ3n) is 10.8. The van der Waals surface area contributed by atoms with Crippen molar-refractivity contribution in [2.24, 2.45) is 0 Å². The van der Waals surface area contributed by atoms with Gasteiger partial charge in [-0.3, -0.25) is 40.8 Å². The third kappa shape index (κ3) is 15.8. The number of fused-ring (bicyclic) bond motifs is 3. The summed E-state index contributed by atoms with van der Waals surface area (Å²) in [7, 11) is -34.1. The number of nitrogen functional groups attached to an aromatic ring is 3. The Morgan fingerprint density at radius 3 is 1.04 bits per heavy atom.